The SMILES string of the molecule is Cc1cccc(-c2nc3cc(C(=O)O)nc(NC(C)C4CCC4)c3n2Cc2ccc(C(F)(F)F)cc2)c1. The van der Waals surface area contributed by atoms with Crippen LogP contribution in [0.1, 0.15) is 53.4 Å². The topological polar surface area (TPSA) is 80.0 Å². The summed E-state index contributed by atoms with van der Waals surface area (Å²) in [5.41, 5.74) is 2.74. The highest BCUT2D eigenvalue weighted by Crippen LogP contribution is 2.35. The van der Waals surface area contributed by atoms with Crippen LogP contribution in [0.5, 0.6) is 0 Å². The molecule has 0 radical (unpaired) electrons. The van der Waals surface area contributed by atoms with Gasteiger partial charge < -0.3 is 15.0 Å². The Bertz CT molecular complexity index is 1460. The van der Waals surface area contributed by atoms with Gasteiger partial charge in [0.05, 0.1) is 11.1 Å². The van der Waals surface area contributed by atoms with Crippen molar-refractivity contribution in [3.05, 3.63) is 77.0 Å². The molecule has 37 heavy (non-hydrogen) atoms. The molecule has 1 saturated carbocycles. The quantitative estimate of drug-likeness (QED) is 0.288. The number of halogens is 3. The molecule has 1 fully saturated rings. The summed E-state index contributed by atoms with van der Waals surface area (Å²) in [5, 5.41) is 13.1. The van der Waals surface area contributed by atoms with Crippen molar-refractivity contribution in [2.24, 2.45) is 5.92 Å². The molecule has 1 aliphatic carbocycles. The van der Waals surface area contributed by atoms with Gasteiger partial charge in [-0.2, -0.15) is 13.2 Å². The first-order valence-electron chi connectivity index (χ1n) is 12.2. The van der Waals surface area contributed by atoms with E-state index in [1.807, 2.05) is 35.8 Å². The van der Waals surface area contributed by atoms with Crippen molar-refractivity contribution < 1.29 is 23.1 Å². The van der Waals surface area contributed by atoms with E-state index in [0.717, 1.165) is 42.5 Å². The molecule has 0 amide bonds. The number of nitrogens with zero attached hydrogens (tertiary/aromatic N) is 3. The number of aromatic carboxylic acids is 1. The first kappa shape index (κ1) is 24.8. The number of fused-ring (bicyclic) bond motifs is 1. The molecule has 2 aromatic heterocycles. The number of anilines is 1. The Morgan fingerprint density at radius 1 is 1.14 bits per heavy atom. The Morgan fingerprint density at radius 3 is 2.46 bits per heavy atom. The summed E-state index contributed by atoms with van der Waals surface area (Å²) in [5.74, 6) is 0.304. The van der Waals surface area contributed by atoms with Crippen LogP contribution in [-0.2, 0) is 12.7 Å². The van der Waals surface area contributed by atoms with E-state index in [2.05, 4.69) is 17.2 Å². The molecule has 192 valence electrons. The van der Waals surface area contributed by atoms with Crippen LogP contribution in [0.25, 0.3) is 22.4 Å². The zero-order valence-electron chi connectivity index (χ0n) is 20.5. The van der Waals surface area contributed by atoms with Gasteiger partial charge in [-0.15, -0.1) is 0 Å². The number of hydrogen-bond donors (Lipinski definition) is 2. The van der Waals surface area contributed by atoms with Crippen LogP contribution in [0.2, 0.25) is 0 Å². The number of hydrogen-bond acceptors (Lipinski definition) is 4. The molecule has 1 atom stereocenters. The number of pyridine rings is 1. The lowest BCUT2D eigenvalue weighted by molar-refractivity contribution is -0.137. The van der Waals surface area contributed by atoms with Gasteiger partial charge in [-0.25, -0.2) is 14.8 Å². The van der Waals surface area contributed by atoms with Crippen molar-refractivity contribution in [1.82, 2.24) is 14.5 Å². The van der Waals surface area contributed by atoms with Gasteiger partial charge in [-0.3, -0.25) is 0 Å². The summed E-state index contributed by atoms with van der Waals surface area (Å²) in [6.45, 7) is 4.26. The average molecular weight is 509 g/mol. The number of carboxylic acid groups (broad SMARTS) is 1. The summed E-state index contributed by atoms with van der Waals surface area (Å²) in [4.78, 5) is 21.1. The van der Waals surface area contributed by atoms with Gasteiger partial charge in [0.15, 0.2) is 11.5 Å². The number of rotatable bonds is 7. The number of imidazole rings is 1. The molecule has 2 aromatic carbocycles. The Balaban J connectivity index is 1.68. The van der Waals surface area contributed by atoms with Gasteiger partial charge in [0.1, 0.15) is 11.3 Å². The van der Waals surface area contributed by atoms with Crippen LogP contribution in [-0.4, -0.2) is 31.7 Å². The van der Waals surface area contributed by atoms with Crippen molar-refractivity contribution in [3.8, 4) is 11.4 Å². The molecule has 0 spiro atoms. The minimum atomic E-state index is -4.42. The van der Waals surface area contributed by atoms with Crippen LogP contribution in [0.4, 0.5) is 19.0 Å². The van der Waals surface area contributed by atoms with E-state index in [9.17, 15) is 23.1 Å². The predicted molar refractivity (Wildman–Crippen MR) is 136 cm³/mol. The third-order valence-corrected chi connectivity index (χ3v) is 7.06. The van der Waals surface area contributed by atoms with Crippen LogP contribution < -0.4 is 5.32 Å². The van der Waals surface area contributed by atoms with Gasteiger partial charge in [-0.1, -0.05) is 42.3 Å². The highest BCUT2D eigenvalue weighted by atomic mass is 19.4. The second-order valence-corrected chi connectivity index (χ2v) is 9.74. The van der Waals surface area contributed by atoms with Crippen LogP contribution in [0.3, 0.4) is 0 Å². The lowest BCUT2D eigenvalue weighted by Crippen LogP contribution is -2.31. The van der Waals surface area contributed by atoms with E-state index in [1.165, 1.54) is 18.2 Å². The molecular weight excluding hydrogens is 481 g/mol. The first-order valence-corrected chi connectivity index (χ1v) is 12.2. The standard InChI is InChI=1S/C28H27F3N4O2/c1-16-5-3-8-20(13-16)26-34-22-14-23(27(36)37)33-25(32-17(2)19-6-4-7-19)24(22)35(26)15-18-9-11-21(12-10-18)28(29,30)31/h3,5,8-14,17,19H,4,6-7,15H2,1-2H3,(H,32,33)(H,36,37). The summed E-state index contributed by atoms with van der Waals surface area (Å²) in [7, 11) is 0. The fourth-order valence-electron chi connectivity index (χ4n) is 4.78. The van der Waals surface area contributed by atoms with Gasteiger partial charge in [0.25, 0.3) is 0 Å². The molecule has 2 N–H and O–H groups in total. The number of aromatic nitrogens is 3. The molecule has 0 saturated heterocycles. The molecule has 1 aliphatic rings. The molecule has 6 nitrogen and oxygen atoms in total. The highest BCUT2D eigenvalue weighted by molar-refractivity contribution is 5.96. The van der Waals surface area contributed by atoms with E-state index in [-0.39, 0.29) is 18.3 Å². The maximum absolute atomic E-state index is 13.1. The van der Waals surface area contributed by atoms with Crippen LogP contribution in [0.15, 0.2) is 54.6 Å². The number of alkyl halides is 3. The second-order valence-electron chi connectivity index (χ2n) is 9.74. The fraction of sp³-hybridized carbons (Fsp3) is 0.321. The van der Waals surface area contributed by atoms with Gasteiger partial charge in [-0.05, 0) is 62.4 Å². The normalized spacial score (nSPS) is 14.9. The lowest BCUT2D eigenvalue weighted by atomic mass is 9.80. The predicted octanol–water partition coefficient (Wildman–Crippen LogP) is 6.77. The number of carbonyl (C=O) groups is 1. The summed E-state index contributed by atoms with van der Waals surface area (Å²) < 4.78 is 41.3. The molecule has 9 heteroatoms. The Hall–Kier alpha value is -3.88. The second kappa shape index (κ2) is 9.53. The molecule has 4 aromatic rings. The first-order chi connectivity index (χ1) is 17.6. The number of benzene rings is 2. The Labute approximate surface area is 212 Å². The minimum Gasteiger partial charge on any atom is -0.477 e. The largest absolute Gasteiger partial charge is 0.477 e. The zero-order chi connectivity index (χ0) is 26.3. The average Bonchev–Trinajstić information content (AvgIpc) is 3.16. The Kier molecular flexibility index (Phi) is 6.39. The van der Waals surface area contributed by atoms with E-state index in [4.69, 9.17) is 4.98 Å². The molecule has 0 bridgehead atoms. The maximum atomic E-state index is 13.1. The van der Waals surface area contributed by atoms with E-state index in [1.54, 1.807) is 0 Å². The van der Waals surface area contributed by atoms with Gasteiger partial charge in [0, 0.05) is 18.2 Å². The highest BCUT2D eigenvalue weighted by Gasteiger charge is 2.30. The summed E-state index contributed by atoms with van der Waals surface area (Å²) >= 11 is 0. The molecule has 2 heterocycles. The van der Waals surface area contributed by atoms with Crippen molar-refractivity contribution in [2.45, 2.75) is 51.9 Å². The maximum Gasteiger partial charge on any atom is 0.416 e. The van der Waals surface area contributed by atoms with Gasteiger partial charge in [0.2, 0.25) is 0 Å². The monoisotopic (exact) mass is 508 g/mol. The zero-order valence-corrected chi connectivity index (χ0v) is 20.5. The van der Waals surface area contributed by atoms with Crippen molar-refractivity contribution >= 4 is 22.8 Å². The molecule has 1 unspecified atom stereocenters. The molecule has 0 aliphatic heterocycles. The van der Waals surface area contributed by atoms with Crippen molar-refractivity contribution in [1.29, 1.82) is 0 Å². The number of carboxylic acids is 1. The number of nitrogens with one attached hydrogen (secondary N) is 1. The van der Waals surface area contributed by atoms with Crippen molar-refractivity contribution in [3.63, 3.8) is 0 Å². The number of aryl methyl sites for hydroxylation is 1. The fourth-order valence-corrected chi connectivity index (χ4v) is 4.78. The minimum absolute atomic E-state index is 0.0744. The smallest absolute Gasteiger partial charge is 0.416 e. The molecule has 5 rings (SSSR count). The third kappa shape index (κ3) is 5.03. The van der Waals surface area contributed by atoms with Gasteiger partial charge >= 0.3 is 12.1 Å². The third-order valence-electron chi connectivity index (χ3n) is 7.06. The van der Waals surface area contributed by atoms with E-state index >= 15 is 0 Å². The van der Waals surface area contributed by atoms with Crippen LogP contribution >= 0.6 is 0 Å². The van der Waals surface area contributed by atoms with Crippen LogP contribution in [0, 0.1) is 12.8 Å². The summed E-state index contributed by atoms with van der Waals surface area (Å²) in [6.07, 6.45) is -1.07. The Morgan fingerprint density at radius 2 is 1.86 bits per heavy atom. The van der Waals surface area contributed by atoms with Crippen molar-refractivity contribution in [2.75, 3.05) is 5.32 Å². The molecular formula is C28H27F3N4O2. The van der Waals surface area contributed by atoms with E-state index < -0.39 is 17.7 Å². The summed E-state index contributed by atoms with van der Waals surface area (Å²) in [6, 6.07) is 14.3. The van der Waals surface area contributed by atoms with E-state index in [0.29, 0.717) is 34.2 Å². The lowest BCUT2D eigenvalue weighted by Gasteiger charge is -2.32.